The largest absolute Gasteiger partial charge is 0.444 e. The molecule has 0 amide bonds. The fourth-order valence-electron chi connectivity index (χ4n) is 4.04. The fraction of sp³-hybridized carbons (Fsp3) is 0.818. The van der Waals surface area contributed by atoms with Crippen LogP contribution in [0, 0.1) is 25.7 Å². The number of nitrogens with one attached hydrogen (secondary N) is 1. The van der Waals surface area contributed by atoms with Gasteiger partial charge in [0.25, 0.3) is 0 Å². The molecular formula is C22H39N5OS. The van der Waals surface area contributed by atoms with Crippen LogP contribution < -0.4 is 5.32 Å². The molecule has 1 atom stereocenters. The van der Waals surface area contributed by atoms with Gasteiger partial charge in [-0.2, -0.15) is 11.8 Å². The molecule has 164 valence electrons. The van der Waals surface area contributed by atoms with E-state index < -0.39 is 0 Å². The first-order valence-electron chi connectivity index (χ1n) is 11.3. The van der Waals surface area contributed by atoms with Crippen LogP contribution in [0.25, 0.3) is 0 Å². The number of likely N-dealkylation sites (tertiary alicyclic amines) is 1. The lowest BCUT2D eigenvalue weighted by Gasteiger charge is -2.36. The molecule has 1 aromatic heterocycles. The van der Waals surface area contributed by atoms with E-state index in [0.29, 0.717) is 17.1 Å². The van der Waals surface area contributed by atoms with Crippen molar-refractivity contribution >= 4 is 17.7 Å². The topological polar surface area (TPSA) is 56.9 Å². The summed E-state index contributed by atoms with van der Waals surface area (Å²) in [6, 6.07) is 0. The van der Waals surface area contributed by atoms with Crippen LogP contribution in [0.5, 0.6) is 0 Å². The Labute approximate surface area is 180 Å². The lowest BCUT2D eigenvalue weighted by atomic mass is 9.97. The Morgan fingerprint density at radius 2 is 2.03 bits per heavy atom. The van der Waals surface area contributed by atoms with Crippen LogP contribution in [0.3, 0.4) is 0 Å². The number of oxazole rings is 1. The lowest BCUT2D eigenvalue weighted by molar-refractivity contribution is 0.166. The first-order chi connectivity index (χ1) is 14.0. The molecule has 0 radical (unpaired) electrons. The van der Waals surface area contributed by atoms with E-state index in [2.05, 4.69) is 52.6 Å². The van der Waals surface area contributed by atoms with Gasteiger partial charge in [-0.15, -0.1) is 0 Å². The zero-order valence-electron chi connectivity index (χ0n) is 18.9. The average molecular weight is 422 g/mol. The molecule has 0 aliphatic carbocycles. The van der Waals surface area contributed by atoms with Crippen LogP contribution in [-0.4, -0.2) is 71.0 Å². The second-order valence-electron chi connectivity index (χ2n) is 8.76. The molecule has 3 heterocycles. The van der Waals surface area contributed by atoms with Crippen molar-refractivity contribution < 1.29 is 4.42 Å². The van der Waals surface area contributed by atoms with E-state index >= 15 is 0 Å². The van der Waals surface area contributed by atoms with E-state index in [1.807, 2.05) is 13.8 Å². The van der Waals surface area contributed by atoms with E-state index in [4.69, 9.17) is 9.41 Å². The molecule has 6 nitrogen and oxygen atoms in total. The number of guanidine groups is 1. The number of hydrogen-bond acceptors (Lipinski definition) is 5. The van der Waals surface area contributed by atoms with Gasteiger partial charge in [0.2, 0.25) is 5.89 Å². The number of aliphatic imine (C=N–C) groups is 1. The molecule has 1 aromatic rings. The van der Waals surface area contributed by atoms with Gasteiger partial charge >= 0.3 is 0 Å². The van der Waals surface area contributed by atoms with E-state index in [-0.39, 0.29) is 0 Å². The number of piperidine rings is 1. The average Bonchev–Trinajstić information content (AvgIpc) is 3.03. The molecule has 0 aromatic carbocycles. The summed E-state index contributed by atoms with van der Waals surface area (Å²) in [5.41, 5.74) is 1.01. The minimum atomic E-state index is 0.674. The molecule has 7 heteroatoms. The normalized spacial score (nSPS) is 22.5. The van der Waals surface area contributed by atoms with Crippen molar-refractivity contribution in [2.45, 2.75) is 59.3 Å². The van der Waals surface area contributed by atoms with Crippen molar-refractivity contribution in [1.29, 1.82) is 0 Å². The Kier molecular flexibility index (Phi) is 8.30. The van der Waals surface area contributed by atoms with E-state index in [1.54, 1.807) is 0 Å². The predicted molar refractivity (Wildman–Crippen MR) is 123 cm³/mol. The zero-order valence-corrected chi connectivity index (χ0v) is 19.7. The van der Waals surface area contributed by atoms with Crippen LogP contribution >= 0.6 is 11.8 Å². The second-order valence-corrected chi connectivity index (χ2v) is 10.1. The van der Waals surface area contributed by atoms with Gasteiger partial charge in [0.1, 0.15) is 5.76 Å². The highest BCUT2D eigenvalue weighted by molar-refractivity contribution is 8.00. The standard InChI is InChI=1S/C22H39N5OS/c1-6-23-22(27-11-12-29-20(14-27)16(2)3)24-13-19-7-9-26(10-8-19)15-21-25-17(4)18(5)28-21/h16,19-20H,6-15H2,1-5H3,(H,23,24). The third-order valence-electron chi connectivity index (χ3n) is 6.11. The number of hydrogen-bond donors (Lipinski definition) is 1. The molecule has 1 N–H and O–H groups in total. The van der Waals surface area contributed by atoms with Crippen molar-refractivity contribution in [3.05, 3.63) is 17.3 Å². The minimum Gasteiger partial charge on any atom is -0.444 e. The Bertz CT molecular complexity index is 647. The van der Waals surface area contributed by atoms with Gasteiger partial charge in [-0.1, -0.05) is 13.8 Å². The van der Waals surface area contributed by atoms with Gasteiger partial charge in [0.15, 0.2) is 5.96 Å². The number of rotatable bonds is 6. The molecule has 0 bridgehead atoms. The van der Waals surface area contributed by atoms with Gasteiger partial charge in [-0.25, -0.2) is 4.98 Å². The van der Waals surface area contributed by atoms with Crippen LogP contribution in [-0.2, 0) is 6.54 Å². The van der Waals surface area contributed by atoms with Gasteiger partial charge in [-0.05, 0) is 58.5 Å². The van der Waals surface area contributed by atoms with E-state index in [0.717, 1.165) is 69.1 Å². The summed E-state index contributed by atoms with van der Waals surface area (Å²) >= 11 is 2.12. The first-order valence-corrected chi connectivity index (χ1v) is 12.3. The maximum atomic E-state index is 5.75. The highest BCUT2D eigenvalue weighted by atomic mass is 32.2. The van der Waals surface area contributed by atoms with Crippen molar-refractivity contribution in [3.8, 4) is 0 Å². The Morgan fingerprint density at radius 1 is 1.28 bits per heavy atom. The van der Waals surface area contributed by atoms with Crippen LogP contribution in [0.2, 0.25) is 0 Å². The maximum absolute atomic E-state index is 5.75. The van der Waals surface area contributed by atoms with Crippen LogP contribution in [0.15, 0.2) is 9.41 Å². The molecule has 0 saturated carbocycles. The van der Waals surface area contributed by atoms with Crippen LogP contribution in [0.4, 0.5) is 0 Å². The third kappa shape index (κ3) is 6.38. The summed E-state index contributed by atoms with van der Waals surface area (Å²) in [7, 11) is 0. The van der Waals surface area contributed by atoms with Gasteiger partial charge in [0.05, 0.1) is 12.2 Å². The van der Waals surface area contributed by atoms with E-state index in [9.17, 15) is 0 Å². The monoisotopic (exact) mass is 421 g/mol. The number of aryl methyl sites for hydroxylation is 2. The van der Waals surface area contributed by atoms with Gasteiger partial charge in [0, 0.05) is 37.2 Å². The van der Waals surface area contributed by atoms with Crippen molar-refractivity contribution in [1.82, 2.24) is 20.1 Å². The molecule has 0 spiro atoms. The van der Waals surface area contributed by atoms with E-state index in [1.165, 1.54) is 18.6 Å². The third-order valence-corrected chi connectivity index (χ3v) is 7.65. The minimum absolute atomic E-state index is 0.674. The SMILES string of the molecule is CCNC(=NCC1CCN(Cc2nc(C)c(C)o2)CC1)N1CCSC(C(C)C)C1. The molecule has 1 unspecified atom stereocenters. The zero-order chi connectivity index (χ0) is 20.8. The quantitative estimate of drug-likeness (QED) is 0.560. The smallest absolute Gasteiger partial charge is 0.208 e. The summed E-state index contributed by atoms with van der Waals surface area (Å²) in [5, 5.41) is 4.24. The summed E-state index contributed by atoms with van der Waals surface area (Å²) in [6.45, 7) is 18.0. The lowest BCUT2D eigenvalue weighted by Crippen LogP contribution is -2.49. The summed E-state index contributed by atoms with van der Waals surface area (Å²) in [5.74, 6) is 5.50. The Balaban J connectivity index is 1.49. The number of thioether (sulfide) groups is 1. The summed E-state index contributed by atoms with van der Waals surface area (Å²) < 4.78 is 5.75. The number of aromatic nitrogens is 1. The van der Waals surface area contributed by atoms with Gasteiger partial charge < -0.3 is 14.6 Å². The summed E-state index contributed by atoms with van der Waals surface area (Å²) in [6.07, 6.45) is 2.40. The fourth-order valence-corrected chi connectivity index (χ4v) is 5.34. The Hall–Kier alpha value is -1.21. The Morgan fingerprint density at radius 3 is 2.66 bits per heavy atom. The first kappa shape index (κ1) is 22.5. The van der Waals surface area contributed by atoms with Crippen LogP contribution in [0.1, 0.15) is 51.0 Å². The second kappa shape index (κ2) is 10.7. The van der Waals surface area contributed by atoms with Gasteiger partial charge in [-0.3, -0.25) is 9.89 Å². The maximum Gasteiger partial charge on any atom is 0.208 e. The molecular weight excluding hydrogens is 382 g/mol. The number of nitrogens with zero attached hydrogens (tertiary/aromatic N) is 4. The van der Waals surface area contributed by atoms with Crippen molar-refractivity contribution in [3.63, 3.8) is 0 Å². The van der Waals surface area contributed by atoms with Crippen molar-refractivity contribution in [2.75, 3.05) is 45.0 Å². The highest BCUT2D eigenvalue weighted by Crippen LogP contribution is 2.25. The molecule has 3 rings (SSSR count). The molecule has 29 heavy (non-hydrogen) atoms. The predicted octanol–water partition coefficient (Wildman–Crippen LogP) is 3.54. The molecule has 2 aliphatic heterocycles. The summed E-state index contributed by atoms with van der Waals surface area (Å²) in [4.78, 5) is 14.5. The molecule has 2 aliphatic rings. The highest BCUT2D eigenvalue weighted by Gasteiger charge is 2.26. The van der Waals surface area contributed by atoms with Crippen molar-refractivity contribution in [2.24, 2.45) is 16.8 Å². The molecule has 2 saturated heterocycles. The molecule has 2 fully saturated rings.